The van der Waals surface area contributed by atoms with Gasteiger partial charge >= 0.3 is 26.4 Å². The molecule has 0 aliphatic heterocycles. The van der Waals surface area contributed by atoms with Gasteiger partial charge in [0.15, 0.2) is 0 Å². The van der Waals surface area contributed by atoms with Crippen molar-refractivity contribution in [1.29, 1.82) is 0 Å². The topological polar surface area (TPSA) is 120 Å². The fourth-order valence-electron chi connectivity index (χ4n) is 5.27. The van der Waals surface area contributed by atoms with Crippen LogP contribution in [-0.2, 0) is 58.8 Å². The Morgan fingerprint density at radius 3 is 0.830 bits per heavy atom. The van der Waals surface area contributed by atoms with Crippen molar-refractivity contribution in [2.24, 2.45) is 5.41 Å². The van der Waals surface area contributed by atoms with Crippen LogP contribution in [0.1, 0.15) is 64.7 Å². The predicted octanol–water partition coefficient (Wildman–Crippen LogP) is 5.20. The van der Waals surface area contributed by atoms with E-state index < -0.39 is 31.8 Å². The zero-order chi connectivity index (χ0) is 35.3. The molecule has 0 fully saturated rings. The second-order valence-corrected chi connectivity index (χ2v) is 20.9. The Morgan fingerprint density at radius 2 is 0.596 bits per heavy atom. The SMILES string of the molecule is CCOCC(COCCCCC[Si](OC)(OC)OC)(COCCCCC[Si](OC)(OC)OC)COCCCCC[Si](OC)(OC)OC. The third-order valence-corrected chi connectivity index (χ3v) is 16.9. The molecule has 0 radical (unpaired) electrons. The lowest BCUT2D eigenvalue weighted by atomic mass is 9.92. The van der Waals surface area contributed by atoms with E-state index in [2.05, 4.69) is 0 Å². The first-order chi connectivity index (χ1) is 22.7. The zero-order valence-corrected chi connectivity index (χ0v) is 34.4. The summed E-state index contributed by atoms with van der Waals surface area (Å²) in [5.74, 6) is 0. The highest BCUT2D eigenvalue weighted by atomic mass is 28.4. The van der Waals surface area contributed by atoms with Crippen molar-refractivity contribution in [3.63, 3.8) is 0 Å². The van der Waals surface area contributed by atoms with Crippen LogP contribution in [0.2, 0.25) is 18.1 Å². The molecule has 0 spiro atoms. The summed E-state index contributed by atoms with van der Waals surface area (Å²) in [6, 6.07) is 2.34. The van der Waals surface area contributed by atoms with Crippen LogP contribution in [0.5, 0.6) is 0 Å². The van der Waals surface area contributed by atoms with Gasteiger partial charge in [-0.15, -0.1) is 0 Å². The van der Waals surface area contributed by atoms with Crippen LogP contribution in [0.25, 0.3) is 0 Å². The molecule has 0 aliphatic carbocycles. The minimum atomic E-state index is -2.54. The monoisotopic (exact) mass is 734 g/mol. The van der Waals surface area contributed by atoms with E-state index in [1.165, 1.54) is 0 Å². The summed E-state index contributed by atoms with van der Waals surface area (Å²) >= 11 is 0. The molecule has 0 aromatic rings. The third kappa shape index (κ3) is 19.4. The maximum atomic E-state index is 6.25. The smallest absolute Gasteiger partial charge is 0.381 e. The Bertz CT molecular complexity index is 591. The molecule has 0 bridgehead atoms. The first-order valence-electron chi connectivity index (χ1n) is 17.0. The van der Waals surface area contributed by atoms with Gasteiger partial charge in [-0.2, -0.15) is 0 Å². The van der Waals surface area contributed by atoms with Crippen LogP contribution in [0.4, 0.5) is 0 Å². The lowest BCUT2D eigenvalue weighted by molar-refractivity contribution is -0.106. The van der Waals surface area contributed by atoms with Gasteiger partial charge in [-0.25, -0.2) is 0 Å². The van der Waals surface area contributed by atoms with Gasteiger partial charge in [-0.05, 0) is 45.4 Å². The van der Waals surface area contributed by atoms with Crippen molar-refractivity contribution in [3.8, 4) is 0 Å². The minimum Gasteiger partial charge on any atom is -0.381 e. The largest absolute Gasteiger partial charge is 0.500 e. The normalized spacial score (nSPS) is 13.1. The van der Waals surface area contributed by atoms with Crippen LogP contribution in [0.3, 0.4) is 0 Å². The first-order valence-corrected chi connectivity index (χ1v) is 22.8. The molecule has 0 saturated carbocycles. The third-order valence-electron chi connectivity index (χ3n) is 8.45. The number of hydrogen-bond donors (Lipinski definition) is 0. The van der Waals surface area contributed by atoms with E-state index in [4.69, 9.17) is 58.8 Å². The molecule has 0 amide bonds. The molecule has 47 heavy (non-hydrogen) atoms. The van der Waals surface area contributed by atoms with Gasteiger partial charge in [0.05, 0.1) is 31.8 Å². The second-order valence-electron chi connectivity index (χ2n) is 11.6. The number of unbranched alkanes of at least 4 members (excludes halogenated alkanes) is 6. The number of ether oxygens (including phenoxy) is 4. The Labute approximate surface area is 289 Å². The Morgan fingerprint density at radius 1 is 0.340 bits per heavy atom. The molecule has 0 aromatic heterocycles. The second kappa shape index (κ2) is 28.8. The van der Waals surface area contributed by atoms with Gasteiger partial charge in [-0.1, -0.05) is 19.3 Å². The molecule has 0 saturated heterocycles. The summed E-state index contributed by atoms with van der Waals surface area (Å²) < 4.78 is 74.5. The molecule has 0 aromatic carbocycles. The fourth-order valence-corrected chi connectivity index (χ4v) is 10.7. The van der Waals surface area contributed by atoms with Crippen molar-refractivity contribution in [3.05, 3.63) is 0 Å². The van der Waals surface area contributed by atoms with Gasteiger partial charge in [0.2, 0.25) is 0 Å². The van der Waals surface area contributed by atoms with E-state index in [1.54, 1.807) is 64.0 Å². The Balaban J connectivity index is 5.00. The van der Waals surface area contributed by atoms with Gasteiger partial charge in [0, 0.05) is 109 Å². The summed E-state index contributed by atoms with van der Waals surface area (Å²) in [5.41, 5.74) is -0.408. The summed E-state index contributed by atoms with van der Waals surface area (Å²) in [6.45, 7) is 6.52. The summed E-state index contributed by atoms with van der Waals surface area (Å²) in [7, 11) is 7.22. The summed E-state index contributed by atoms with van der Waals surface area (Å²) in [6.07, 6.45) is 8.63. The highest BCUT2D eigenvalue weighted by Crippen LogP contribution is 2.24. The highest BCUT2D eigenvalue weighted by molar-refractivity contribution is 6.61. The molecule has 0 aliphatic rings. The van der Waals surface area contributed by atoms with Crippen LogP contribution in [-0.4, -0.2) is 143 Å². The Hall–Kier alpha value is 0.131. The van der Waals surface area contributed by atoms with Crippen LogP contribution >= 0.6 is 0 Å². The van der Waals surface area contributed by atoms with E-state index in [0.717, 1.165) is 75.9 Å². The standard InChI is InChI=1S/C31H70O13Si3/c1-11-41-27-31(28-42-21-15-12-18-24-45(32-2,33-3)34-4,29-43-22-16-13-19-25-46(35-5,36-6)37-7)30-44-23-17-14-20-26-47(38-8,39-9)40-10/h11-30H2,1-10H3. The molecule has 0 rings (SSSR count). The molecule has 0 N–H and O–H groups in total. The van der Waals surface area contributed by atoms with Gasteiger partial charge in [-0.3, -0.25) is 0 Å². The minimum absolute atomic E-state index is 0.408. The Kier molecular flexibility index (Phi) is 28.9. The highest BCUT2D eigenvalue weighted by Gasteiger charge is 2.38. The molecule has 16 heteroatoms. The first kappa shape index (κ1) is 47.1. The average Bonchev–Trinajstić information content (AvgIpc) is 3.11. The van der Waals surface area contributed by atoms with Crippen molar-refractivity contribution >= 4 is 26.4 Å². The maximum absolute atomic E-state index is 6.25. The lowest BCUT2D eigenvalue weighted by Gasteiger charge is -2.33. The van der Waals surface area contributed by atoms with Crippen LogP contribution in [0, 0.1) is 5.41 Å². The van der Waals surface area contributed by atoms with Gasteiger partial charge < -0.3 is 58.8 Å². The van der Waals surface area contributed by atoms with Crippen molar-refractivity contribution in [2.45, 2.75) is 82.8 Å². The van der Waals surface area contributed by atoms with Gasteiger partial charge in [0.1, 0.15) is 0 Å². The fraction of sp³-hybridized carbons (Fsp3) is 1.00. The van der Waals surface area contributed by atoms with Crippen LogP contribution < -0.4 is 0 Å². The molecule has 0 heterocycles. The van der Waals surface area contributed by atoms with Gasteiger partial charge in [0.25, 0.3) is 0 Å². The van der Waals surface area contributed by atoms with E-state index in [9.17, 15) is 0 Å². The van der Waals surface area contributed by atoms with E-state index in [0.29, 0.717) is 52.9 Å². The predicted molar refractivity (Wildman–Crippen MR) is 188 cm³/mol. The van der Waals surface area contributed by atoms with E-state index >= 15 is 0 Å². The molecule has 0 unspecified atom stereocenters. The quantitative estimate of drug-likeness (QED) is 0.0620. The summed E-state index contributed by atoms with van der Waals surface area (Å²) in [5, 5.41) is 0. The van der Waals surface area contributed by atoms with E-state index in [1.807, 2.05) is 6.92 Å². The molecular formula is C31H70O13Si3. The molecular weight excluding hydrogens is 665 g/mol. The zero-order valence-electron chi connectivity index (χ0n) is 31.4. The van der Waals surface area contributed by atoms with Crippen molar-refractivity contribution in [2.75, 3.05) is 117 Å². The molecule has 13 nitrogen and oxygen atoms in total. The number of rotatable bonds is 36. The van der Waals surface area contributed by atoms with E-state index in [-0.39, 0.29) is 0 Å². The van der Waals surface area contributed by atoms with Crippen LogP contribution in [0.15, 0.2) is 0 Å². The average molecular weight is 735 g/mol. The lowest BCUT2D eigenvalue weighted by Crippen LogP contribution is -2.42. The van der Waals surface area contributed by atoms with Crippen molar-refractivity contribution < 1.29 is 58.8 Å². The number of hydrogen-bond acceptors (Lipinski definition) is 13. The summed E-state index contributed by atoms with van der Waals surface area (Å²) in [4.78, 5) is 0. The maximum Gasteiger partial charge on any atom is 0.500 e. The molecule has 0 atom stereocenters. The molecule has 284 valence electrons. The van der Waals surface area contributed by atoms with Crippen molar-refractivity contribution in [1.82, 2.24) is 0 Å².